The maximum absolute atomic E-state index is 5.58. The van der Waals surface area contributed by atoms with E-state index in [2.05, 4.69) is 20.3 Å². The molecule has 3 aromatic rings. The van der Waals surface area contributed by atoms with Crippen molar-refractivity contribution in [2.75, 3.05) is 11.1 Å². The molecule has 3 rings (SSSR count). The Bertz CT molecular complexity index is 631. The van der Waals surface area contributed by atoms with Gasteiger partial charge in [0.05, 0.1) is 10.2 Å². The molecule has 0 atom stereocenters. The van der Waals surface area contributed by atoms with Crippen LogP contribution in [-0.4, -0.2) is 15.0 Å². The van der Waals surface area contributed by atoms with Crippen molar-refractivity contribution in [1.29, 1.82) is 0 Å². The van der Waals surface area contributed by atoms with Crippen LogP contribution in [0.4, 0.5) is 16.8 Å². The third-order valence-corrected chi connectivity index (χ3v) is 3.17. The van der Waals surface area contributed by atoms with Gasteiger partial charge in [-0.25, -0.2) is 15.0 Å². The molecule has 0 aliphatic rings. The molecule has 0 saturated heterocycles. The van der Waals surface area contributed by atoms with Crippen LogP contribution in [0.25, 0.3) is 10.2 Å². The molecule has 2 aromatic heterocycles. The normalized spacial score (nSPS) is 10.6. The van der Waals surface area contributed by atoms with Gasteiger partial charge in [0, 0.05) is 6.07 Å². The SMILES string of the molecule is Nc1cc(Nc2nc3ccccc3s2)ncn1. The van der Waals surface area contributed by atoms with Crippen LogP contribution in [0.2, 0.25) is 0 Å². The second-order valence-corrected chi connectivity index (χ2v) is 4.47. The minimum absolute atomic E-state index is 0.434. The number of nitrogens with two attached hydrogens (primary N) is 1. The van der Waals surface area contributed by atoms with E-state index >= 15 is 0 Å². The maximum Gasteiger partial charge on any atom is 0.189 e. The fourth-order valence-corrected chi connectivity index (χ4v) is 2.35. The zero-order valence-corrected chi connectivity index (χ0v) is 9.61. The van der Waals surface area contributed by atoms with Crippen molar-refractivity contribution in [1.82, 2.24) is 15.0 Å². The van der Waals surface area contributed by atoms with E-state index < -0.39 is 0 Å². The molecule has 0 saturated carbocycles. The molecular formula is C11H9N5S. The lowest BCUT2D eigenvalue weighted by Gasteiger charge is -2.00. The highest BCUT2D eigenvalue weighted by Crippen LogP contribution is 2.27. The maximum atomic E-state index is 5.58. The Kier molecular flexibility index (Phi) is 2.34. The summed E-state index contributed by atoms with van der Waals surface area (Å²) in [6.07, 6.45) is 1.42. The van der Waals surface area contributed by atoms with Crippen LogP contribution in [0.15, 0.2) is 36.7 Å². The van der Waals surface area contributed by atoms with Crippen molar-refractivity contribution < 1.29 is 0 Å². The van der Waals surface area contributed by atoms with Gasteiger partial charge in [-0.1, -0.05) is 23.5 Å². The van der Waals surface area contributed by atoms with Gasteiger partial charge in [-0.05, 0) is 12.1 Å². The molecule has 0 spiro atoms. The second kappa shape index (κ2) is 3.99. The van der Waals surface area contributed by atoms with Crippen molar-refractivity contribution in [3.8, 4) is 0 Å². The largest absolute Gasteiger partial charge is 0.384 e. The van der Waals surface area contributed by atoms with Gasteiger partial charge in [0.2, 0.25) is 0 Å². The van der Waals surface area contributed by atoms with Gasteiger partial charge >= 0.3 is 0 Å². The Morgan fingerprint density at radius 3 is 2.88 bits per heavy atom. The van der Waals surface area contributed by atoms with E-state index in [0.717, 1.165) is 15.3 Å². The molecule has 0 aliphatic carbocycles. The first-order chi connectivity index (χ1) is 8.31. The molecule has 2 heterocycles. The van der Waals surface area contributed by atoms with Gasteiger partial charge in [0.15, 0.2) is 5.13 Å². The van der Waals surface area contributed by atoms with Gasteiger partial charge in [-0.15, -0.1) is 0 Å². The summed E-state index contributed by atoms with van der Waals surface area (Å²) in [4.78, 5) is 12.3. The van der Waals surface area contributed by atoms with E-state index in [1.807, 2.05) is 24.3 Å². The van der Waals surface area contributed by atoms with Crippen LogP contribution in [0.5, 0.6) is 0 Å². The smallest absolute Gasteiger partial charge is 0.189 e. The van der Waals surface area contributed by atoms with Gasteiger partial charge in [0.1, 0.15) is 18.0 Å². The molecule has 3 N–H and O–H groups in total. The van der Waals surface area contributed by atoms with Gasteiger partial charge in [-0.2, -0.15) is 0 Å². The van der Waals surface area contributed by atoms with E-state index in [9.17, 15) is 0 Å². The number of anilines is 3. The molecule has 0 radical (unpaired) electrons. The van der Waals surface area contributed by atoms with E-state index in [1.165, 1.54) is 6.33 Å². The summed E-state index contributed by atoms with van der Waals surface area (Å²) in [7, 11) is 0. The number of aromatic nitrogens is 3. The van der Waals surface area contributed by atoms with Crippen LogP contribution in [-0.2, 0) is 0 Å². The van der Waals surface area contributed by atoms with Crippen molar-refractivity contribution in [3.63, 3.8) is 0 Å². The van der Waals surface area contributed by atoms with E-state index in [4.69, 9.17) is 5.73 Å². The van der Waals surface area contributed by atoms with Crippen LogP contribution in [0.3, 0.4) is 0 Å². The van der Waals surface area contributed by atoms with Gasteiger partial charge in [0.25, 0.3) is 0 Å². The molecule has 1 aromatic carbocycles. The first-order valence-corrected chi connectivity index (χ1v) is 5.83. The number of hydrogen-bond acceptors (Lipinski definition) is 6. The number of rotatable bonds is 2. The predicted octanol–water partition coefficient (Wildman–Crippen LogP) is 2.41. The lowest BCUT2D eigenvalue weighted by Crippen LogP contribution is -1.96. The van der Waals surface area contributed by atoms with Gasteiger partial charge < -0.3 is 11.1 Å². The monoisotopic (exact) mass is 243 g/mol. The zero-order valence-electron chi connectivity index (χ0n) is 8.79. The molecule has 0 bridgehead atoms. The molecule has 17 heavy (non-hydrogen) atoms. The Hall–Kier alpha value is -2.21. The summed E-state index contributed by atoms with van der Waals surface area (Å²) in [5, 5.41) is 3.91. The van der Waals surface area contributed by atoms with E-state index in [-0.39, 0.29) is 0 Å². The molecule has 0 amide bonds. The van der Waals surface area contributed by atoms with Crippen molar-refractivity contribution in [2.45, 2.75) is 0 Å². The van der Waals surface area contributed by atoms with Crippen LogP contribution in [0.1, 0.15) is 0 Å². The number of nitrogens with zero attached hydrogens (tertiary/aromatic N) is 3. The van der Waals surface area contributed by atoms with Crippen molar-refractivity contribution in [2.24, 2.45) is 0 Å². The summed E-state index contributed by atoms with van der Waals surface area (Å²) in [5.74, 6) is 1.08. The number of thiazole rings is 1. The fourth-order valence-electron chi connectivity index (χ4n) is 1.48. The third kappa shape index (κ3) is 2.02. The lowest BCUT2D eigenvalue weighted by atomic mass is 10.3. The highest BCUT2D eigenvalue weighted by molar-refractivity contribution is 7.22. The topological polar surface area (TPSA) is 76.7 Å². The number of hydrogen-bond donors (Lipinski definition) is 2. The Labute approximate surface area is 101 Å². The zero-order chi connectivity index (χ0) is 11.7. The quantitative estimate of drug-likeness (QED) is 0.722. The van der Waals surface area contributed by atoms with Crippen LogP contribution in [0, 0.1) is 0 Å². The molecule has 0 unspecified atom stereocenters. The standard InChI is InChI=1S/C11H9N5S/c12-9-5-10(14-6-13-9)16-11-15-7-3-1-2-4-8(7)17-11/h1-6H,(H3,12,13,14,15,16). The molecule has 0 fully saturated rings. The van der Waals surface area contributed by atoms with Gasteiger partial charge in [-0.3, -0.25) is 0 Å². The number of nitrogen functional groups attached to an aromatic ring is 1. The number of benzene rings is 1. The average molecular weight is 243 g/mol. The Balaban J connectivity index is 1.94. The van der Waals surface area contributed by atoms with Crippen molar-refractivity contribution >= 4 is 38.3 Å². The highest BCUT2D eigenvalue weighted by atomic mass is 32.1. The summed E-state index contributed by atoms with van der Waals surface area (Å²) in [6, 6.07) is 9.64. The molecule has 6 heteroatoms. The number of fused-ring (bicyclic) bond motifs is 1. The number of nitrogens with one attached hydrogen (secondary N) is 1. The summed E-state index contributed by atoms with van der Waals surface area (Å²) in [6.45, 7) is 0. The first kappa shape index (κ1) is 9.98. The Morgan fingerprint density at radius 1 is 1.18 bits per heavy atom. The first-order valence-electron chi connectivity index (χ1n) is 5.01. The Morgan fingerprint density at radius 2 is 2.06 bits per heavy atom. The average Bonchev–Trinajstić information content (AvgIpc) is 2.71. The van der Waals surface area contributed by atoms with E-state index in [0.29, 0.717) is 11.6 Å². The number of para-hydroxylation sites is 1. The third-order valence-electron chi connectivity index (χ3n) is 2.22. The summed E-state index contributed by atoms with van der Waals surface area (Å²) < 4.78 is 1.14. The second-order valence-electron chi connectivity index (χ2n) is 3.44. The predicted molar refractivity (Wildman–Crippen MR) is 69.3 cm³/mol. The fraction of sp³-hybridized carbons (Fsp3) is 0. The van der Waals surface area contributed by atoms with Crippen molar-refractivity contribution in [3.05, 3.63) is 36.7 Å². The van der Waals surface area contributed by atoms with E-state index in [1.54, 1.807) is 17.4 Å². The van der Waals surface area contributed by atoms with Crippen LogP contribution >= 0.6 is 11.3 Å². The highest BCUT2D eigenvalue weighted by Gasteiger charge is 2.03. The molecule has 5 nitrogen and oxygen atoms in total. The summed E-state index contributed by atoms with van der Waals surface area (Å²) >= 11 is 1.57. The lowest BCUT2D eigenvalue weighted by molar-refractivity contribution is 1.17. The molecular weight excluding hydrogens is 234 g/mol. The molecule has 0 aliphatic heterocycles. The summed E-state index contributed by atoms with van der Waals surface area (Å²) in [5.41, 5.74) is 6.55. The minimum Gasteiger partial charge on any atom is -0.384 e. The minimum atomic E-state index is 0.434. The van der Waals surface area contributed by atoms with Crippen LogP contribution < -0.4 is 11.1 Å². The molecule has 84 valence electrons.